The minimum atomic E-state index is -0.0244. The Morgan fingerprint density at radius 1 is 1.25 bits per heavy atom. The van der Waals surface area contributed by atoms with Crippen LogP contribution < -0.4 is 4.74 Å². The third-order valence-electron chi connectivity index (χ3n) is 3.42. The molecule has 1 aliphatic heterocycles. The molecule has 20 heavy (non-hydrogen) atoms. The minimum absolute atomic E-state index is 0.0143. The second-order valence-electron chi connectivity index (χ2n) is 4.86. The van der Waals surface area contributed by atoms with Gasteiger partial charge in [0.2, 0.25) is 0 Å². The lowest BCUT2D eigenvalue weighted by atomic mass is 10.2. The van der Waals surface area contributed by atoms with Gasteiger partial charge in [-0.05, 0) is 40.9 Å². The fourth-order valence-electron chi connectivity index (χ4n) is 2.32. The van der Waals surface area contributed by atoms with Crippen LogP contribution in [-0.2, 0) is 4.79 Å². The Morgan fingerprint density at radius 3 is 2.60 bits per heavy atom. The van der Waals surface area contributed by atoms with Crippen molar-refractivity contribution in [2.75, 3.05) is 19.7 Å². The maximum Gasteiger partial charge on any atom is 0.260 e. The van der Waals surface area contributed by atoms with E-state index in [1.54, 1.807) is 18.2 Å². The zero-order chi connectivity index (χ0) is 14.4. The van der Waals surface area contributed by atoms with Crippen molar-refractivity contribution in [3.05, 3.63) is 28.2 Å². The van der Waals surface area contributed by atoms with Crippen LogP contribution in [0.15, 0.2) is 22.7 Å². The van der Waals surface area contributed by atoms with Crippen molar-refractivity contribution >= 4 is 28.1 Å². The molecule has 1 aliphatic rings. The quantitative estimate of drug-likeness (QED) is 0.792. The molecule has 0 saturated carbocycles. The molecule has 108 valence electrons. The Kier molecular flexibility index (Phi) is 5.59. The van der Waals surface area contributed by atoms with Crippen LogP contribution >= 0.6 is 15.9 Å². The van der Waals surface area contributed by atoms with Crippen LogP contribution in [0.4, 0.5) is 0 Å². The molecule has 0 bridgehead atoms. The first-order valence-electron chi connectivity index (χ1n) is 6.86. The van der Waals surface area contributed by atoms with Crippen LogP contribution in [0.2, 0.25) is 0 Å². The second kappa shape index (κ2) is 7.43. The Balaban J connectivity index is 1.97. The van der Waals surface area contributed by atoms with Crippen LogP contribution in [-0.4, -0.2) is 36.8 Å². The van der Waals surface area contributed by atoms with Gasteiger partial charge < -0.3 is 9.64 Å². The first kappa shape index (κ1) is 15.0. The number of nitrogens with zero attached hydrogens (tertiary/aromatic N) is 1. The maximum atomic E-state index is 12.1. The summed E-state index contributed by atoms with van der Waals surface area (Å²) in [4.78, 5) is 25.0. The van der Waals surface area contributed by atoms with E-state index in [4.69, 9.17) is 4.74 Å². The highest BCUT2D eigenvalue weighted by molar-refractivity contribution is 9.10. The van der Waals surface area contributed by atoms with Crippen molar-refractivity contribution in [3.8, 4) is 5.75 Å². The standard InChI is InChI=1S/C15H18BrNO3/c16-13-7-5-6-12(10-18)15(13)20-11-14(19)17-8-3-1-2-4-9-17/h5-7,10H,1-4,8-9,11H2. The Hall–Kier alpha value is -1.36. The second-order valence-corrected chi connectivity index (χ2v) is 5.71. The summed E-state index contributed by atoms with van der Waals surface area (Å²) in [5, 5.41) is 0. The summed E-state index contributed by atoms with van der Waals surface area (Å²) in [5.41, 5.74) is 0.447. The van der Waals surface area contributed by atoms with Crippen molar-refractivity contribution in [1.82, 2.24) is 4.90 Å². The van der Waals surface area contributed by atoms with Crippen LogP contribution in [0, 0.1) is 0 Å². The first-order chi connectivity index (χ1) is 9.72. The van der Waals surface area contributed by atoms with Gasteiger partial charge in [-0.15, -0.1) is 0 Å². The normalized spacial score (nSPS) is 15.6. The molecule has 0 radical (unpaired) electrons. The zero-order valence-corrected chi connectivity index (χ0v) is 12.9. The number of hydrogen-bond acceptors (Lipinski definition) is 3. The molecule has 0 aromatic heterocycles. The van der Waals surface area contributed by atoms with E-state index in [0.29, 0.717) is 15.8 Å². The van der Waals surface area contributed by atoms with Crippen LogP contribution in [0.25, 0.3) is 0 Å². The van der Waals surface area contributed by atoms with Gasteiger partial charge in [-0.1, -0.05) is 18.9 Å². The summed E-state index contributed by atoms with van der Waals surface area (Å²) in [5.74, 6) is 0.421. The lowest BCUT2D eigenvalue weighted by Gasteiger charge is -2.20. The van der Waals surface area contributed by atoms with Crippen molar-refractivity contribution in [3.63, 3.8) is 0 Å². The molecule has 0 aliphatic carbocycles. The molecule has 1 saturated heterocycles. The monoisotopic (exact) mass is 339 g/mol. The molecular formula is C15H18BrNO3. The molecule has 5 heteroatoms. The smallest absolute Gasteiger partial charge is 0.260 e. The van der Waals surface area contributed by atoms with Gasteiger partial charge in [-0.3, -0.25) is 9.59 Å². The van der Waals surface area contributed by atoms with Crippen molar-refractivity contribution < 1.29 is 14.3 Å². The van der Waals surface area contributed by atoms with Gasteiger partial charge in [0.25, 0.3) is 5.91 Å². The Bertz CT molecular complexity index is 482. The Labute approximate surface area is 127 Å². The lowest BCUT2D eigenvalue weighted by Crippen LogP contribution is -2.35. The molecular weight excluding hydrogens is 322 g/mol. The van der Waals surface area contributed by atoms with E-state index in [2.05, 4.69) is 15.9 Å². The van der Waals surface area contributed by atoms with Crippen molar-refractivity contribution in [1.29, 1.82) is 0 Å². The third-order valence-corrected chi connectivity index (χ3v) is 4.05. The van der Waals surface area contributed by atoms with Gasteiger partial charge in [-0.2, -0.15) is 0 Å². The highest BCUT2D eigenvalue weighted by atomic mass is 79.9. The molecule has 1 fully saturated rings. The first-order valence-corrected chi connectivity index (χ1v) is 7.66. The number of benzene rings is 1. The van der Waals surface area contributed by atoms with E-state index in [1.165, 1.54) is 12.8 Å². The molecule has 0 spiro atoms. The number of ether oxygens (including phenoxy) is 1. The summed E-state index contributed by atoms with van der Waals surface area (Å²) in [6.07, 6.45) is 5.21. The van der Waals surface area contributed by atoms with E-state index in [0.717, 1.165) is 32.2 Å². The van der Waals surface area contributed by atoms with Gasteiger partial charge in [0.15, 0.2) is 12.9 Å². The highest BCUT2D eigenvalue weighted by Crippen LogP contribution is 2.28. The average molecular weight is 340 g/mol. The fourth-order valence-corrected chi connectivity index (χ4v) is 2.81. The summed E-state index contributed by atoms with van der Waals surface area (Å²) < 4.78 is 6.23. The lowest BCUT2D eigenvalue weighted by molar-refractivity contribution is -0.133. The molecule has 2 rings (SSSR count). The van der Waals surface area contributed by atoms with Crippen molar-refractivity contribution in [2.45, 2.75) is 25.7 Å². The fraction of sp³-hybridized carbons (Fsp3) is 0.467. The number of hydrogen-bond donors (Lipinski definition) is 0. The van der Waals surface area contributed by atoms with E-state index < -0.39 is 0 Å². The molecule has 0 atom stereocenters. The third kappa shape index (κ3) is 3.82. The largest absolute Gasteiger partial charge is 0.482 e. The number of rotatable bonds is 4. The van der Waals surface area contributed by atoms with E-state index in [1.807, 2.05) is 4.90 Å². The van der Waals surface area contributed by atoms with Crippen LogP contribution in [0.1, 0.15) is 36.0 Å². The number of aldehydes is 1. The number of para-hydroxylation sites is 1. The van der Waals surface area contributed by atoms with E-state index in [9.17, 15) is 9.59 Å². The predicted molar refractivity (Wildman–Crippen MR) is 80.1 cm³/mol. The topological polar surface area (TPSA) is 46.6 Å². The molecule has 4 nitrogen and oxygen atoms in total. The predicted octanol–water partition coefficient (Wildman–Crippen LogP) is 3.04. The molecule has 0 unspecified atom stereocenters. The molecule has 0 N–H and O–H groups in total. The number of halogens is 1. The maximum absolute atomic E-state index is 12.1. The molecule has 1 heterocycles. The van der Waals surface area contributed by atoms with Gasteiger partial charge in [0, 0.05) is 13.1 Å². The van der Waals surface area contributed by atoms with Gasteiger partial charge in [0.05, 0.1) is 10.0 Å². The molecule has 1 aromatic carbocycles. The molecule has 1 amide bonds. The molecule has 1 aromatic rings. The minimum Gasteiger partial charge on any atom is -0.482 e. The van der Waals surface area contributed by atoms with Gasteiger partial charge in [-0.25, -0.2) is 0 Å². The number of likely N-dealkylation sites (tertiary alicyclic amines) is 1. The average Bonchev–Trinajstić information content (AvgIpc) is 2.74. The summed E-state index contributed by atoms with van der Waals surface area (Å²) in [7, 11) is 0. The summed E-state index contributed by atoms with van der Waals surface area (Å²) in [6, 6.07) is 5.22. The summed E-state index contributed by atoms with van der Waals surface area (Å²) in [6.45, 7) is 1.58. The van der Waals surface area contributed by atoms with E-state index >= 15 is 0 Å². The number of carbonyl (C=O) groups excluding carboxylic acids is 2. The van der Waals surface area contributed by atoms with Crippen LogP contribution in [0.3, 0.4) is 0 Å². The number of carbonyl (C=O) groups is 2. The highest BCUT2D eigenvalue weighted by Gasteiger charge is 2.17. The van der Waals surface area contributed by atoms with E-state index in [-0.39, 0.29) is 12.5 Å². The summed E-state index contributed by atoms with van der Waals surface area (Å²) >= 11 is 3.34. The number of amides is 1. The van der Waals surface area contributed by atoms with Crippen molar-refractivity contribution in [2.24, 2.45) is 0 Å². The van der Waals surface area contributed by atoms with Crippen LogP contribution in [0.5, 0.6) is 5.75 Å². The zero-order valence-electron chi connectivity index (χ0n) is 11.3. The van der Waals surface area contributed by atoms with Gasteiger partial charge in [0.1, 0.15) is 5.75 Å². The Morgan fingerprint density at radius 2 is 1.95 bits per heavy atom. The van der Waals surface area contributed by atoms with Gasteiger partial charge >= 0.3 is 0 Å². The SMILES string of the molecule is O=Cc1cccc(Br)c1OCC(=O)N1CCCCCC1.